The monoisotopic (exact) mass is 386 g/mol. The molecule has 17 N–H and O–H groups in total. The van der Waals surface area contributed by atoms with Crippen LogP contribution in [0, 0.1) is 5.41 Å². The zero-order valence-corrected chi connectivity index (χ0v) is 12.6. The zero-order valence-electron chi connectivity index (χ0n) is 9.81. The van der Waals surface area contributed by atoms with E-state index in [1.807, 2.05) is 0 Å². The van der Waals surface area contributed by atoms with Crippen LogP contribution >= 0.6 is 0 Å². The minimum atomic E-state index is -5.17. The number of guanidine groups is 1. The normalized spacial score (nSPS) is 6.67. The molecule has 0 rings (SSSR count). The number of nitrogens with one attached hydrogen (secondary N) is 1. The summed E-state index contributed by atoms with van der Waals surface area (Å²) in [5, 5.41) is 6.06. The first-order valence-corrected chi connectivity index (χ1v) is 4.83. The number of rotatable bonds is 0. The van der Waals surface area contributed by atoms with E-state index in [1.165, 1.54) is 0 Å². The van der Waals surface area contributed by atoms with Gasteiger partial charge in [0.25, 0.3) is 0 Å². The van der Waals surface area contributed by atoms with Crippen molar-refractivity contribution in [3.63, 3.8) is 0 Å². The summed E-state index contributed by atoms with van der Waals surface area (Å²) in [6, 6.07) is 0. The standard InChI is InChI=1S/CH5N3.Al.2H2O4S.6H2O/c2-1(3)4;;2*1-5(2,3)4;;;;;;/h(H5,2,3,4);;2*(H2,1,2,3,4);6*1H2/q;+3;;;;;;;;/p-4. The van der Waals surface area contributed by atoms with E-state index in [0.717, 1.165) is 0 Å². The van der Waals surface area contributed by atoms with Crippen molar-refractivity contribution in [1.82, 2.24) is 0 Å². The molecule has 20 heteroatoms. The van der Waals surface area contributed by atoms with E-state index < -0.39 is 20.8 Å². The van der Waals surface area contributed by atoms with Crippen LogP contribution in [0.2, 0.25) is 0 Å². The number of hydrogen-bond donors (Lipinski definition) is 3. The molecular weight excluding hydrogens is 369 g/mol. The Kier molecular flexibility index (Phi) is 107. The third-order valence-electron chi connectivity index (χ3n) is 0. The molecule has 0 bridgehead atoms. The van der Waals surface area contributed by atoms with Gasteiger partial charge in [0.05, 0.1) is 0 Å². The van der Waals surface area contributed by atoms with Crippen molar-refractivity contribution in [3.8, 4) is 0 Å². The first-order chi connectivity index (χ1) is 5.73. The second kappa shape index (κ2) is 31.6. The molecular formula is CH17AlN3O14S2-. The zero-order chi connectivity index (χ0) is 12.6. The summed E-state index contributed by atoms with van der Waals surface area (Å²) in [7, 11) is -10.3. The van der Waals surface area contributed by atoms with E-state index in [-0.39, 0.29) is 56.2 Å². The van der Waals surface area contributed by atoms with Crippen LogP contribution in [0.1, 0.15) is 0 Å². The van der Waals surface area contributed by atoms with E-state index in [2.05, 4.69) is 11.5 Å². The van der Waals surface area contributed by atoms with Crippen LogP contribution in [-0.4, -0.2) is 91.2 Å². The molecule has 136 valence electrons. The second-order valence-electron chi connectivity index (χ2n) is 1.27. The average molecular weight is 386 g/mol. The summed E-state index contributed by atoms with van der Waals surface area (Å²) < 4.78 is 68.2. The van der Waals surface area contributed by atoms with Crippen molar-refractivity contribution in [2.24, 2.45) is 11.5 Å². The first kappa shape index (κ1) is 71.3. The van der Waals surface area contributed by atoms with Gasteiger partial charge in [-0.1, -0.05) is 0 Å². The molecule has 0 aliphatic carbocycles. The van der Waals surface area contributed by atoms with Crippen LogP contribution in [0.4, 0.5) is 0 Å². The Hall–Kier alpha value is -0.698. The molecule has 0 spiro atoms. The van der Waals surface area contributed by atoms with Crippen LogP contribution < -0.4 is 11.5 Å². The summed E-state index contributed by atoms with van der Waals surface area (Å²) in [6.07, 6.45) is 0. The molecule has 0 aromatic rings. The van der Waals surface area contributed by atoms with Crippen molar-refractivity contribution in [1.29, 1.82) is 5.41 Å². The minimum absolute atomic E-state index is 0. The van der Waals surface area contributed by atoms with Crippen molar-refractivity contribution in [2.75, 3.05) is 0 Å². The third-order valence-corrected chi connectivity index (χ3v) is 0. The molecule has 0 fully saturated rings. The summed E-state index contributed by atoms with van der Waals surface area (Å²) in [4.78, 5) is 0. The van der Waals surface area contributed by atoms with Crippen LogP contribution in [0.25, 0.3) is 0 Å². The Morgan fingerprint density at radius 1 is 0.667 bits per heavy atom. The molecule has 0 amide bonds. The van der Waals surface area contributed by atoms with E-state index >= 15 is 0 Å². The maximum Gasteiger partial charge on any atom is 3.00 e. The molecule has 21 heavy (non-hydrogen) atoms. The summed E-state index contributed by atoms with van der Waals surface area (Å²) >= 11 is 0. The quantitative estimate of drug-likeness (QED) is 0.116. The first-order valence-electron chi connectivity index (χ1n) is 2.16. The molecule has 0 unspecified atom stereocenters. The summed E-state index contributed by atoms with van der Waals surface area (Å²) in [5.41, 5.74) is 8.94. The van der Waals surface area contributed by atoms with E-state index in [0.29, 0.717) is 0 Å². The average Bonchev–Trinajstić information content (AvgIpc) is 1.45. The van der Waals surface area contributed by atoms with Crippen molar-refractivity contribution < 1.29 is 67.9 Å². The molecule has 0 aromatic heterocycles. The fraction of sp³-hybridized carbons (Fsp3) is 0. The Labute approximate surface area is 129 Å². The number of hydrogen-bond acceptors (Lipinski definition) is 9. The molecule has 0 atom stereocenters. The van der Waals surface area contributed by atoms with Gasteiger partial charge in [-0.15, -0.1) is 0 Å². The van der Waals surface area contributed by atoms with Gasteiger partial charge in [-0.2, -0.15) is 0 Å². The Bertz CT molecular complexity index is 298. The van der Waals surface area contributed by atoms with Gasteiger partial charge in [0, 0.05) is 20.8 Å². The minimum Gasteiger partial charge on any atom is -0.759 e. The van der Waals surface area contributed by atoms with Crippen LogP contribution in [0.3, 0.4) is 0 Å². The van der Waals surface area contributed by atoms with Gasteiger partial charge >= 0.3 is 17.4 Å². The molecule has 0 aliphatic rings. The van der Waals surface area contributed by atoms with Gasteiger partial charge in [0.1, 0.15) is 0 Å². The smallest absolute Gasteiger partial charge is 0.759 e. The topological polar surface area (TPSA) is 425 Å². The predicted octanol–water partition coefficient (Wildman–Crippen LogP) is -9.17. The summed E-state index contributed by atoms with van der Waals surface area (Å²) in [6.45, 7) is 0. The molecule has 17 nitrogen and oxygen atoms in total. The Morgan fingerprint density at radius 3 is 0.667 bits per heavy atom. The maximum absolute atomic E-state index is 8.52. The number of nitrogens with two attached hydrogens (primary N) is 2. The second-order valence-corrected chi connectivity index (χ2v) is 2.90. The van der Waals surface area contributed by atoms with Gasteiger partial charge in [0.2, 0.25) is 0 Å². The van der Waals surface area contributed by atoms with Gasteiger partial charge in [0.15, 0.2) is 5.96 Å². The van der Waals surface area contributed by atoms with Gasteiger partial charge in [-0.05, 0) is 0 Å². The SMILES string of the molecule is N=C(N)N.O.O.O.O.O.O.O=S(=O)([O-])[O-].O=S(=O)([O-])[O-].[Al+3]. The summed E-state index contributed by atoms with van der Waals surface area (Å²) in [5.74, 6) is -0.333. The Balaban J connectivity index is -0.00000000930. The molecule has 0 aromatic carbocycles. The van der Waals surface area contributed by atoms with Gasteiger partial charge in [-0.25, -0.2) is 0 Å². The molecule has 0 saturated heterocycles. The predicted molar refractivity (Wildman–Crippen MR) is 64.5 cm³/mol. The third kappa shape index (κ3) is 11900. The fourth-order valence-corrected chi connectivity index (χ4v) is 0. The van der Waals surface area contributed by atoms with E-state index in [9.17, 15) is 0 Å². The molecule has 0 radical (unpaired) electrons. The molecule has 0 aliphatic heterocycles. The van der Waals surface area contributed by atoms with Crippen molar-refractivity contribution in [3.05, 3.63) is 0 Å². The van der Waals surface area contributed by atoms with Gasteiger partial charge in [-0.3, -0.25) is 22.2 Å². The van der Waals surface area contributed by atoms with Crippen molar-refractivity contribution in [2.45, 2.75) is 0 Å². The van der Waals surface area contributed by atoms with Gasteiger partial charge < -0.3 is 62.5 Å². The van der Waals surface area contributed by atoms with Crippen LogP contribution in [0.15, 0.2) is 0 Å². The fourth-order valence-electron chi connectivity index (χ4n) is 0. The maximum atomic E-state index is 8.52. The van der Waals surface area contributed by atoms with Crippen LogP contribution in [0.5, 0.6) is 0 Å². The van der Waals surface area contributed by atoms with Crippen LogP contribution in [-0.2, 0) is 20.8 Å². The van der Waals surface area contributed by atoms with Crippen molar-refractivity contribution >= 4 is 44.1 Å². The molecule has 0 saturated carbocycles. The van der Waals surface area contributed by atoms with E-state index in [4.69, 9.17) is 40.5 Å². The Morgan fingerprint density at radius 2 is 0.667 bits per heavy atom. The largest absolute Gasteiger partial charge is 3.00 e. The van der Waals surface area contributed by atoms with E-state index in [1.54, 1.807) is 0 Å². The molecule has 0 heterocycles.